The van der Waals surface area contributed by atoms with Gasteiger partial charge < -0.3 is 5.11 Å². The molecule has 0 saturated heterocycles. The van der Waals surface area contributed by atoms with Gasteiger partial charge in [0, 0.05) is 0 Å². The van der Waals surface area contributed by atoms with Crippen LogP contribution in [-0.4, -0.2) is 5.11 Å². The first-order valence-electron chi connectivity index (χ1n) is 7.89. The molecule has 1 heteroatoms. The minimum absolute atomic E-state index is 0.580. The summed E-state index contributed by atoms with van der Waals surface area (Å²) in [5, 5.41) is 13.2. The molecule has 1 atom stereocenters. The van der Waals surface area contributed by atoms with Crippen LogP contribution in [-0.2, 0) is 5.60 Å². The van der Waals surface area contributed by atoms with E-state index in [0.29, 0.717) is 5.92 Å². The molecule has 1 nitrogen and oxygen atoms in total. The second kappa shape index (κ2) is 5.21. The molecule has 2 aromatic rings. The van der Waals surface area contributed by atoms with E-state index >= 15 is 0 Å². The largest absolute Gasteiger partial charge is 0.385 e. The van der Waals surface area contributed by atoms with Gasteiger partial charge in [0.1, 0.15) is 0 Å². The number of rotatable bonds is 3. The Morgan fingerprint density at radius 2 is 1.70 bits per heavy atom. The maximum atomic E-state index is 10.7. The lowest BCUT2D eigenvalue weighted by atomic mass is 9.89. The van der Waals surface area contributed by atoms with Crippen molar-refractivity contribution < 1.29 is 5.11 Å². The molecular weight excluding hydrogens is 244 g/mol. The molecule has 0 radical (unpaired) electrons. The van der Waals surface area contributed by atoms with Gasteiger partial charge in [-0.05, 0) is 53.1 Å². The van der Waals surface area contributed by atoms with Gasteiger partial charge in [-0.1, -0.05) is 57.0 Å². The molecule has 2 aromatic carbocycles. The van der Waals surface area contributed by atoms with Gasteiger partial charge in [0.25, 0.3) is 0 Å². The minimum atomic E-state index is -0.580. The molecule has 0 bridgehead atoms. The van der Waals surface area contributed by atoms with Crippen LogP contribution in [0.5, 0.6) is 0 Å². The summed E-state index contributed by atoms with van der Waals surface area (Å²) < 4.78 is 0. The number of fused-ring (bicyclic) bond motifs is 1. The van der Waals surface area contributed by atoms with E-state index in [1.165, 1.54) is 22.8 Å². The third-order valence-electron chi connectivity index (χ3n) is 5.01. The summed E-state index contributed by atoms with van der Waals surface area (Å²) in [5.74, 6) is 0.609. The van der Waals surface area contributed by atoms with Crippen LogP contribution >= 0.6 is 0 Å². The second-order valence-corrected chi connectivity index (χ2v) is 6.37. The monoisotopic (exact) mass is 268 g/mol. The molecule has 20 heavy (non-hydrogen) atoms. The average molecular weight is 268 g/mol. The lowest BCUT2D eigenvalue weighted by Crippen LogP contribution is -2.20. The summed E-state index contributed by atoms with van der Waals surface area (Å²) in [7, 11) is 0. The Labute approximate surface area is 121 Å². The lowest BCUT2D eigenvalue weighted by Gasteiger charge is -2.23. The Kier molecular flexibility index (Phi) is 3.55. The van der Waals surface area contributed by atoms with E-state index in [1.807, 2.05) is 0 Å². The zero-order valence-electron chi connectivity index (χ0n) is 12.5. The molecule has 1 aliphatic carbocycles. The van der Waals surface area contributed by atoms with Gasteiger partial charge in [-0.15, -0.1) is 0 Å². The van der Waals surface area contributed by atoms with E-state index in [9.17, 15) is 5.11 Å². The van der Waals surface area contributed by atoms with E-state index in [2.05, 4.69) is 50.2 Å². The highest BCUT2D eigenvalue weighted by Crippen LogP contribution is 2.39. The van der Waals surface area contributed by atoms with Gasteiger partial charge >= 0.3 is 0 Å². The van der Waals surface area contributed by atoms with E-state index in [-0.39, 0.29) is 0 Å². The predicted molar refractivity (Wildman–Crippen MR) is 85.0 cm³/mol. The molecule has 0 amide bonds. The minimum Gasteiger partial charge on any atom is -0.385 e. The Morgan fingerprint density at radius 3 is 2.40 bits per heavy atom. The number of hydrogen-bond acceptors (Lipinski definition) is 1. The molecule has 3 rings (SSSR count). The Morgan fingerprint density at radius 1 is 1.05 bits per heavy atom. The summed E-state index contributed by atoms with van der Waals surface area (Å²) in [6.07, 6.45) is 5.26. The Balaban J connectivity index is 2.00. The smallest absolute Gasteiger partial charge is 0.0896 e. The van der Waals surface area contributed by atoms with E-state index in [0.717, 1.165) is 31.2 Å². The first-order chi connectivity index (χ1) is 9.62. The summed E-state index contributed by atoms with van der Waals surface area (Å²) >= 11 is 0. The van der Waals surface area contributed by atoms with Crippen molar-refractivity contribution in [3.8, 4) is 0 Å². The van der Waals surface area contributed by atoms with Crippen molar-refractivity contribution in [2.24, 2.45) is 0 Å². The van der Waals surface area contributed by atoms with Crippen LogP contribution < -0.4 is 0 Å². The van der Waals surface area contributed by atoms with Gasteiger partial charge in [-0.3, -0.25) is 0 Å². The van der Waals surface area contributed by atoms with E-state index in [1.54, 1.807) is 0 Å². The van der Waals surface area contributed by atoms with Gasteiger partial charge in [0.15, 0.2) is 0 Å². The fraction of sp³-hybridized carbons (Fsp3) is 0.474. The molecule has 1 unspecified atom stereocenters. The number of aliphatic hydroxyl groups is 1. The Hall–Kier alpha value is -1.34. The molecule has 1 N–H and O–H groups in total. The highest BCUT2D eigenvalue weighted by Gasteiger charge is 2.32. The SMILES string of the molecule is CCC(C)c1ccc2cc(C3(O)CCCC3)ccc2c1. The summed E-state index contributed by atoms with van der Waals surface area (Å²) in [4.78, 5) is 0. The molecule has 0 aromatic heterocycles. The fourth-order valence-electron chi connectivity index (χ4n) is 3.34. The summed E-state index contributed by atoms with van der Waals surface area (Å²) in [6, 6.07) is 13.2. The zero-order chi connectivity index (χ0) is 14.2. The van der Waals surface area contributed by atoms with Crippen LogP contribution in [0.2, 0.25) is 0 Å². The highest BCUT2D eigenvalue weighted by atomic mass is 16.3. The zero-order valence-corrected chi connectivity index (χ0v) is 12.5. The molecule has 0 heterocycles. The predicted octanol–water partition coefficient (Wildman–Crippen LogP) is 5.11. The van der Waals surface area contributed by atoms with Crippen molar-refractivity contribution in [2.75, 3.05) is 0 Å². The van der Waals surface area contributed by atoms with Crippen molar-refractivity contribution in [2.45, 2.75) is 57.5 Å². The van der Waals surface area contributed by atoms with Gasteiger partial charge in [0.2, 0.25) is 0 Å². The van der Waals surface area contributed by atoms with Crippen molar-refractivity contribution in [3.05, 3.63) is 47.5 Å². The van der Waals surface area contributed by atoms with Gasteiger partial charge in [-0.25, -0.2) is 0 Å². The third-order valence-corrected chi connectivity index (χ3v) is 5.01. The van der Waals surface area contributed by atoms with Crippen LogP contribution in [0.4, 0.5) is 0 Å². The van der Waals surface area contributed by atoms with E-state index < -0.39 is 5.60 Å². The van der Waals surface area contributed by atoms with Crippen molar-refractivity contribution >= 4 is 10.8 Å². The highest BCUT2D eigenvalue weighted by molar-refractivity contribution is 5.84. The van der Waals surface area contributed by atoms with Crippen LogP contribution in [0, 0.1) is 0 Å². The third kappa shape index (κ3) is 2.35. The van der Waals surface area contributed by atoms with Crippen molar-refractivity contribution in [1.29, 1.82) is 0 Å². The molecule has 1 fully saturated rings. The summed E-state index contributed by atoms with van der Waals surface area (Å²) in [6.45, 7) is 4.50. The lowest BCUT2D eigenvalue weighted by molar-refractivity contribution is 0.0446. The fourth-order valence-corrected chi connectivity index (χ4v) is 3.34. The molecule has 106 valence electrons. The van der Waals surface area contributed by atoms with Crippen LogP contribution in [0.25, 0.3) is 10.8 Å². The number of hydrogen-bond donors (Lipinski definition) is 1. The maximum Gasteiger partial charge on any atom is 0.0896 e. The second-order valence-electron chi connectivity index (χ2n) is 6.37. The van der Waals surface area contributed by atoms with Gasteiger partial charge in [-0.2, -0.15) is 0 Å². The molecule has 0 spiro atoms. The topological polar surface area (TPSA) is 20.2 Å². The van der Waals surface area contributed by atoms with Crippen LogP contribution in [0.15, 0.2) is 36.4 Å². The van der Waals surface area contributed by atoms with Crippen molar-refractivity contribution in [3.63, 3.8) is 0 Å². The van der Waals surface area contributed by atoms with Crippen molar-refractivity contribution in [1.82, 2.24) is 0 Å². The standard InChI is InChI=1S/C19H24O/c1-3-14(2)15-6-7-17-13-18(9-8-16(17)12-15)19(20)10-4-5-11-19/h6-9,12-14,20H,3-5,10-11H2,1-2H3. The summed E-state index contributed by atoms with van der Waals surface area (Å²) in [5.41, 5.74) is 1.93. The average Bonchev–Trinajstić information content (AvgIpc) is 2.93. The molecule has 0 aliphatic heterocycles. The molecule has 1 aliphatic rings. The Bertz CT molecular complexity index is 608. The van der Waals surface area contributed by atoms with Crippen LogP contribution in [0.1, 0.15) is 63.0 Å². The van der Waals surface area contributed by atoms with Crippen LogP contribution in [0.3, 0.4) is 0 Å². The number of benzene rings is 2. The quantitative estimate of drug-likeness (QED) is 0.819. The first kappa shape index (κ1) is 13.6. The van der Waals surface area contributed by atoms with E-state index in [4.69, 9.17) is 0 Å². The molecule has 1 saturated carbocycles. The first-order valence-corrected chi connectivity index (χ1v) is 7.89. The maximum absolute atomic E-state index is 10.7. The van der Waals surface area contributed by atoms with Gasteiger partial charge in [0.05, 0.1) is 5.60 Å². The molecular formula is C19H24O. The normalized spacial score (nSPS) is 19.4.